The first kappa shape index (κ1) is 22.3. The number of rotatable bonds is 7. The molecule has 1 aromatic heterocycles. The fourth-order valence-corrected chi connectivity index (χ4v) is 2.76. The second-order valence-electron chi connectivity index (χ2n) is 5.44. The maximum atomic E-state index is 11.2. The zero-order valence-corrected chi connectivity index (χ0v) is 17.7. The van der Waals surface area contributed by atoms with Crippen LogP contribution in [0, 0.1) is 0 Å². The van der Waals surface area contributed by atoms with Gasteiger partial charge in [0.15, 0.2) is 5.96 Å². The topological polar surface area (TPSA) is 109 Å². The van der Waals surface area contributed by atoms with Crippen molar-refractivity contribution < 1.29 is 8.42 Å². The normalized spacial score (nSPS) is 11.5. The second-order valence-corrected chi connectivity index (χ2v) is 7.00. The SMILES string of the molecule is CN=C(NCCc1ccc(S(N)(=O)=O)cc1)NCCc1ccccn1.I. The molecule has 0 unspecified atom stereocenters. The summed E-state index contributed by atoms with van der Waals surface area (Å²) in [4.78, 5) is 8.57. The van der Waals surface area contributed by atoms with Crippen LogP contribution in [0.2, 0.25) is 0 Å². The Hall–Kier alpha value is -1.72. The van der Waals surface area contributed by atoms with Crippen LogP contribution in [-0.4, -0.2) is 39.5 Å². The van der Waals surface area contributed by atoms with E-state index in [1.165, 1.54) is 12.1 Å². The molecule has 1 aromatic carbocycles. The van der Waals surface area contributed by atoms with Gasteiger partial charge in [-0.1, -0.05) is 18.2 Å². The molecule has 4 N–H and O–H groups in total. The quantitative estimate of drug-likeness (QED) is 0.309. The number of nitrogens with zero attached hydrogens (tertiary/aromatic N) is 2. The summed E-state index contributed by atoms with van der Waals surface area (Å²) in [5.41, 5.74) is 2.05. The molecule has 7 nitrogen and oxygen atoms in total. The van der Waals surface area contributed by atoms with Crippen LogP contribution in [0.15, 0.2) is 58.5 Å². The summed E-state index contributed by atoms with van der Waals surface area (Å²) >= 11 is 0. The Labute approximate surface area is 171 Å². The highest BCUT2D eigenvalue weighted by Crippen LogP contribution is 2.08. The summed E-state index contributed by atoms with van der Waals surface area (Å²) < 4.78 is 22.5. The molecule has 9 heteroatoms. The van der Waals surface area contributed by atoms with Crippen LogP contribution < -0.4 is 15.8 Å². The highest BCUT2D eigenvalue weighted by molar-refractivity contribution is 14.0. The summed E-state index contributed by atoms with van der Waals surface area (Å²) in [6, 6.07) is 12.4. The molecule has 26 heavy (non-hydrogen) atoms. The molecule has 2 rings (SSSR count). The fourth-order valence-electron chi connectivity index (χ4n) is 2.25. The van der Waals surface area contributed by atoms with Crippen molar-refractivity contribution >= 4 is 40.0 Å². The van der Waals surface area contributed by atoms with Crippen molar-refractivity contribution in [1.82, 2.24) is 15.6 Å². The third-order valence-corrected chi connectivity index (χ3v) is 4.51. The van der Waals surface area contributed by atoms with Gasteiger partial charge in [0.25, 0.3) is 0 Å². The van der Waals surface area contributed by atoms with Gasteiger partial charge in [-0.3, -0.25) is 9.98 Å². The van der Waals surface area contributed by atoms with E-state index in [0.29, 0.717) is 6.54 Å². The number of hydrogen-bond acceptors (Lipinski definition) is 4. The highest BCUT2D eigenvalue weighted by Gasteiger charge is 2.06. The van der Waals surface area contributed by atoms with Gasteiger partial charge in [-0.25, -0.2) is 13.6 Å². The van der Waals surface area contributed by atoms with E-state index in [2.05, 4.69) is 20.6 Å². The van der Waals surface area contributed by atoms with E-state index < -0.39 is 10.0 Å². The number of aliphatic imine (C=N–C) groups is 1. The van der Waals surface area contributed by atoms with Gasteiger partial charge in [-0.2, -0.15) is 0 Å². The first-order chi connectivity index (χ1) is 12.0. The number of hydrogen-bond donors (Lipinski definition) is 3. The average molecular weight is 489 g/mol. The Morgan fingerprint density at radius 3 is 2.27 bits per heavy atom. The summed E-state index contributed by atoms with van der Waals surface area (Å²) in [7, 11) is -1.92. The minimum Gasteiger partial charge on any atom is -0.356 e. The number of guanidine groups is 1. The van der Waals surface area contributed by atoms with Gasteiger partial charge in [-0.15, -0.1) is 24.0 Å². The Morgan fingerprint density at radius 2 is 1.73 bits per heavy atom. The van der Waals surface area contributed by atoms with E-state index in [-0.39, 0.29) is 28.9 Å². The molecule has 0 aliphatic carbocycles. The molecule has 142 valence electrons. The molecule has 0 bridgehead atoms. The van der Waals surface area contributed by atoms with E-state index >= 15 is 0 Å². The van der Waals surface area contributed by atoms with Crippen LogP contribution in [0.25, 0.3) is 0 Å². The molecule has 2 aromatic rings. The molecule has 0 atom stereocenters. The molecular weight excluding hydrogens is 465 g/mol. The van der Waals surface area contributed by atoms with E-state index in [9.17, 15) is 8.42 Å². The first-order valence-electron chi connectivity index (χ1n) is 7.95. The van der Waals surface area contributed by atoms with E-state index in [0.717, 1.165) is 36.6 Å². The predicted molar refractivity (Wildman–Crippen MR) is 114 cm³/mol. The summed E-state index contributed by atoms with van der Waals surface area (Å²) in [6.07, 6.45) is 3.34. The zero-order valence-electron chi connectivity index (χ0n) is 14.6. The predicted octanol–water partition coefficient (Wildman–Crippen LogP) is 1.30. The Balaban J connectivity index is 0.00000338. The first-order valence-corrected chi connectivity index (χ1v) is 9.50. The number of nitrogens with two attached hydrogens (primary N) is 1. The highest BCUT2D eigenvalue weighted by atomic mass is 127. The molecule has 0 aliphatic heterocycles. The molecule has 0 fully saturated rings. The Morgan fingerprint density at radius 1 is 1.08 bits per heavy atom. The van der Waals surface area contributed by atoms with Crippen molar-refractivity contribution in [1.29, 1.82) is 0 Å². The molecule has 0 saturated heterocycles. The zero-order chi connectivity index (χ0) is 18.1. The van der Waals surface area contributed by atoms with Gasteiger partial charge in [-0.05, 0) is 36.2 Å². The molecule has 0 aliphatic rings. The van der Waals surface area contributed by atoms with Crippen LogP contribution in [0.4, 0.5) is 0 Å². The van der Waals surface area contributed by atoms with Crippen molar-refractivity contribution in [2.24, 2.45) is 10.1 Å². The monoisotopic (exact) mass is 489 g/mol. The van der Waals surface area contributed by atoms with E-state index in [1.807, 2.05) is 18.2 Å². The molecule has 0 radical (unpaired) electrons. The van der Waals surface area contributed by atoms with Crippen molar-refractivity contribution in [2.45, 2.75) is 17.7 Å². The number of primary sulfonamides is 1. The van der Waals surface area contributed by atoms with Crippen molar-refractivity contribution in [2.75, 3.05) is 20.1 Å². The number of sulfonamides is 1. The van der Waals surface area contributed by atoms with Crippen molar-refractivity contribution in [3.05, 3.63) is 59.9 Å². The molecular formula is C17H24IN5O2S. The number of benzene rings is 1. The lowest BCUT2D eigenvalue weighted by Crippen LogP contribution is -2.39. The molecule has 0 saturated carbocycles. The largest absolute Gasteiger partial charge is 0.356 e. The molecule has 1 heterocycles. The van der Waals surface area contributed by atoms with Gasteiger partial charge in [0.05, 0.1) is 4.90 Å². The number of aromatic nitrogens is 1. The Bertz CT molecular complexity index is 796. The summed E-state index contributed by atoms with van der Waals surface area (Å²) in [5.74, 6) is 0.720. The second kappa shape index (κ2) is 11.1. The number of pyridine rings is 1. The minimum atomic E-state index is -3.64. The summed E-state index contributed by atoms with van der Waals surface area (Å²) in [6.45, 7) is 1.41. The molecule has 0 spiro atoms. The smallest absolute Gasteiger partial charge is 0.238 e. The number of nitrogens with one attached hydrogen (secondary N) is 2. The van der Waals surface area contributed by atoms with Crippen LogP contribution >= 0.6 is 24.0 Å². The van der Waals surface area contributed by atoms with Gasteiger partial charge >= 0.3 is 0 Å². The van der Waals surface area contributed by atoms with Crippen LogP contribution in [0.1, 0.15) is 11.3 Å². The van der Waals surface area contributed by atoms with Crippen LogP contribution in [0.3, 0.4) is 0 Å². The number of halogens is 1. The standard InChI is InChI=1S/C17H23N5O2S.HI/c1-19-17(22-13-10-15-4-2-3-11-20-15)21-12-9-14-5-7-16(8-6-14)25(18,23)24;/h2-8,11H,9-10,12-13H2,1H3,(H2,18,23,24)(H2,19,21,22);1H. The Kier molecular flexibility index (Phi) is 9.52. The minimum absolute atomic E-state index is 0. The van der Waals surface area contributed by atoms with Crippen LogP contribution in [-0.2, 0) is 22.9 Å². The van der Waals surface area contributed by atoms with Crippen LogP contribution in [0.5, 0.6) is 0 Å². The fraction of sp³-hybridized carbons (Fsp3) is 0.294. The van der Waals surface area contributed by atoms with E-state index in [4.69, 9.17) is 5.14 Å². The third kappa shape index (κ3) is 7.67. The molecule has 0 amide bonds. The lowest BCUT2D eigenvalue weighted by molar-refractivity contribution is 0.598. The summed E-state index contributed by atoms with van der Waals surface area (Å²) in [5, 5.41) is 11.5. The van der Waals surface area contributed by atoms with Gasteiger partial charge in [0.1, 0.15) is 0 Å². The maximum absolute atomic E-state index is 11.2. The van der Waals surface area contributed by atoms with Gasteiger partial charge in [0.2, 0.25) is 10.0 Å². The van der Waals surface area contributed by atoms with Gasteiger partial charge in [0, 0.05) is 38.4 Å². The average Bonchev–Trinajstić information content (AvgIpc) is 2.61. The lowest BCUT2D eigenvalue weighted by atomic mass is 10.1. The van der Waals surface area contributed by atoms with Crippen molar-refractivity contribution in [3.63, 3.8) is 0 Å². The van der Waals surface area contributed by atoms with E-state index in [1.54, 1.807) is 25.4 Å². The lowest BCUT2D eigenvalue weighted by Gasteiger charge is -2.12. The van der Waals surface area contributed by atoms with Crippen molar-refractivity contribution in [3.8, 4) is 0 Å². The maximum Gasteiger partial charge on any atom is 0.238 e. The van der Waals surface area contributed by atoms with Gasteiger partial charge < -0.3 is 10.6 Å². The third-order valence-electron chi connectivity index (χ3n) is 3.58.